The number of nitrogens with two attached hydrogens (primary N) is 1. The Kier molecular flexibility index (Phi) is 6.38. The number of nitrogens with zero attached hydrogens (tertiary/aromatic N) is 4. The zero-order valence-corrected chi connectivity index (χ0v) is 20.1. The van der Waals surface area contributed by atoms with Crippen molar-refractivity contribution in [1.82, 2.24) is 25.4 Å². The summed E-state index contributed by atoms with van der Waals surface area (Å²) in [5, 5.41) is 10.9. The predicted octanol–water partition coefficient (Wildman–Crippen LogP) is 3.14. The van der Waals surface area contributed by atoms with E-state index in [0.29, 0.717) is 39.8 Å². The van der Waals surface area contributed by atoms with E-state index in [1.54, 1.807) is 25.2 Å². The van der Waals surface area contributed by atoms with Gasteiger partial charge in [0.15, 0.2) is 0 Å². The summed E-state index contributed by atoms with van der Waals surface area (Å²) >= 11 is 0. The Morgan fingerprint density at radius 2 is 1.83 bits per heavy atom. The van der Waals surface area contributed by atoms with Crippen molar-refractivity contribution >= 4 is 22.5 Å². The summed E-state index contributed by atoms with van der Waals surface area (Å²) in [5.74, 6) is -1.98. The number of aromatic nitrogens is 3. The minimum atomic E-state index is -0.701. The first-order valence-corrected chi connectivity index (χ1v) is 11.7. The molecule has 10 heteroatoms. The second kappa shape index (κ2) is 9.63. The Bertz CT molecular complexity index is 1420. The molecule has 1 saturated heterocycles. The second-order valence-corrected chi connectivity index (χ2v) is 9.01. The molecule has 36 heavy (non-hydrogen) atoms. The van der Waals surface area contributed by atoms with Gasteiger partial charge in [-0.2, -0.15) is 5.10 Å². The Morgan fingerprint density at radius 1 is 1.11 bits per heavy atom. The molecule has 1 aliphatic rings. The molecule has 8 nitrogen and oxygen atoms in total. The molecular formula is C26H27F2N7O. The monoisotopic (exact) mass is 491 g/mol. The van der Waals surface area contributed by atoms with Gasteiger partial charge in [-0.15, -0.1) is 0 Å². The van der Waals surface area contributed by atoms with E-state index in [-0.39, 0.29) is 11.3 Å². The summed E-state index contributed by atoms with van der Waals surface area (Å²) in [4.78, 5) is 21.2. The predicted molar refractivity (Wildman–Crippen MR) is 136 cm³/mol. The van der Waals surface area contributed by atoms with Crippen molar-refractivity contribution in [2.75, 3.05) is 45.2 Å². The Morgan fingerprint density at radius 3 is 2.50 bits per heavy atom. The van der Waals surface area contributed by atoms with Crippen molar-refractivity contribution in [3.05, 3.63) is 65.4 Å². The van der Waals surface area contributed by atoms with Gasteiger partial charge in [0.1, 0.15) is 17.3 Å². The summed E-state index contributed by atoms with van der Waals surface area (Å²) in [6.07, 6.45) is 1.49. The molecule has 3 heterocycles. The van der Waals surface area contributed by atoms with Gasteiger partial charge in [0, 0.05) is 49.4 Å². The van der Waals surface area contributed by atoms with Crippen LogP contribution >= 0.6 is 0 Å². The highest BCUT2D eigenvalue weighted by Gasteiger charge is 2.25. The maximum Gasteiger partial charge on any atom is 0.249 e. The average molecular weight is 492 g/mol. The number of aromatic amines is 1. The average Bonchev–Trinajstić information content (AvgIpc) is 3.27. The summed E-state index contributed by atoms with van der Waals surface area (Å²) < 4.78 is 29.9. The molecule has 0 aliphatic carbocycles. The molecule has 5 rings (SSSR count). The number of carbonyl (C=O) groups is 1. The maximum absolute atomic E-state index is 15.0. The molecule has 2 aromatic heterocycles. The molecule has 186 valence electrons. The summed E-state index contributed by atoms with van der Waals surface area (Å²) in [5.41, 5.74) is 8.97. The zero-order valence-electron chi connectivity index (χ0n) is 20.1. The normalized spacial score (nSPS) is 14.5. The van der Waals surface area contributed by atoms with Crippen LogP contribution in [0.25, 0.3) is 33.4 Å². The summed E-state index contributed by atoms with van der Waals surface area (Å²) in [7, 11) is 3.78. The van der Waals surface area contributed by atoms with E-state index >= 15 is 0 Å². The molecule has 1 fully saturated rings. The molecule has 2 aromatic carbocycles. The van der Waals surface area contributed by atoms with Gasteiger partial charge in [-0.3, -0.25) is 14.9 Å². The van der Waals surface area contributed by atoms with Gasteiger partial charge >= 0.3 is 0 Å². The Balaban J connectivity index is 1.67. The Hall–Kier alpha value is -3.89. The van der Waals surface area contributed by atoms with Gasteiger partial charge in [-0.05, 0) is 50.0 Å². The molecule has 0 unspecified atom stereocenters. The number of primary amides is 1. The summed E-state index contributed by atoms with van der Waals surface area (Å²) in [6.45, 7) is 3.63. The highest BCUT2D eigenvalue weighted by molar-refractivity contribution is 6.07. The van der Waals surface area contributed by atoms with Crippen molar-refractivity contribution < 1.29 is 13.6 Å². The topological polar surface area (TPSA) is 103 Å². The van der Waals surface area contributed by atoms with Crippen LogP contribution in [0.15, 0.2) is 42.6 Å². The molecular weight excluding hydrogens is 464 g/mol. The lowest BCUT2D eigenvalue weighted by molar-refractivity contribution is 0.100. The number of pyridine rings is 1. The van der Waals surface area contributed by atoms with Crippen LogP contribution in [0.5, 0.6) is 0 Å². The zero-order chi connectivity index (χ0) is 25.4. The van der Waals surface area contributed by atoms with E-state index in [0.717, 1.165) is 31.9 Å². The highest BCUT2D eigenvalue weighted by atomic mass is 19.1. The number of likely N-dealkylation sites (N-methyl/N-ethyl adjacent to an activating group) is 1. The fourth-order valence-corrected chi connectivity index (χ4v) is 4.73. The molecule has 0 spiro atoms. The number of hydrogen-bond acceptors (Lipinski definition) is 6. The SMILES string of the molecule is CNCc1cc(F)c(-c2cc3c(-c4c(C(N)=O)cccc4N4CCN(C)CC4)n[nH]c3cn2)c(F)c1. The molecule has 1 amide bonds. The largest absolute Gasteiger partial charge is 0.368 e. The van der Waals surface area contributed by atoms with Gasteiger partial charge in [-0.1, -0.05) is 6.07 Å². The van der Waals surface area contributed by atoms with Gasteiger partial charge in [0.2, 0.25) is 5.91 Å². The van der Waals surface area contributed by atoms with Crippen molar-refractivity contribution in [1.29, 1.82) is 0 Å². The molecule has 0 radical (unpaired) electrons. The maximum atomic E-state index is 15.0. The van der Waals surface area contributed by atoms with Gasteiger partial charge in [-0.25, -0.2) is 8.78 Å². The lowest BCUT2D eigenvalue weighted by Crippen LogP contribution is -2.44. The Labute approximate surface area is 207 Å². The lowest BCUT2D eigenvalue weighted by atomic mass is 9.97. The molecule has 1 aliphatic heterocycles. The van der Waals surface area contributed by atoms with E-state index in [4.69, 9.17) is 5.73 Å². The number of halogens is 2. The molecule has 0 bridgehead atoms. The van der Waals surface area contributed by atoms with Crippen LogP contribution < -0.4 is 16.0 Å². The number of H-pyrrole nitrogens is 1. The van der Waals surface area contributed by atoms with Crippen LogP contribution in [0, 0.1) is 11.6 Å². The fraction of sp³-hybridized carbons (Fsp3) is 0.269. The second-order valence-electron chi connectivity index (χ2n) is 9.01. The number of nitrogens with one attached hydrogen (secondary N) is 2. The standard InChI is InChI=1S/C26H27F2N7O/c1-30-13-15-10-18(27)24(19(28)11-15)20-12-17-21(14-31-20)32-33-25(17)23-16(26(29)36)4-3-5-22(23)35-8-6-34(2)7-9-35/h3-5,10-12,14,30H,6-9,13H2,1-2H3,(H2,29,36)(H,32,33). The van der Waals surface area contributed by atoms with E-state index < -0.39 is 17.5 Å². The van der Waals surface area contributed by atoms with Crippen LogP contribution in [0.3, 0.4) is 0 Å². The van der Waals surface area contributed by atoms with Crippen LogP contribution in [-0.2, 0) is 6.54 Å². The van der Waals surface area contributed by atoms with Gasteiger partial charge in [0.25, 0.3) is 0 Å². The highest BCUT2D eigenvalue weighted by Crippen LogP contribution is 2.38. The third-order valence-electron chi connectivity index (χ3n) is 6.57. The quantitative estimate of drug-likeness (QED) is 0.383. The molecule has 4 aromatic rings. The number of piperazine rings is 1. The van der Waals surface area contributed by atoms with E-state index in [2.05, 4.69) is 37.3 Å². The van der Waals surface area contributed by atoms with E-state index in [1.165, 1.54) is 18.3 Å². The van der Waals surface area contributed by atoms with Crippen molar-refractivity contribution in [2.24, 2.45) is 5.73 Å². The van der Waals surface area contributed by atoms with Crippen LogP contribution in [0.1, 0.15) is 15.9 Å². The fourth-order valence-electron chi connectivity index (χ4n) is 4.73. The first kappa shape index (κ1) is 23.8. The number of anilines is 1. The third kappa shape index (κ3) is 4.29. The van der Waals surface area contributed by atoms with Crippen molar-refractivity contribution in [3.8, 4) is 22.5 Å². The van der Waals surface area contributed by atoms with Gasteiger partial charge < -0.3 is 20.9 Å². The minimum Gasteiger partial charge on any atom is -0.368 e. The van der Waals surface area contributed by atoms with Gasteiger partial charge in [0.05, 0.1) is 28.5 Å². The molecule has 4 N–H and O–H groups in total. The number of hydrogen-bond donors (Lipinski definition) is 3. The smallest absolute Gasteiger partial charge is 0.249 e. The molecule has 0 atom stereocenters. The molecule has 0 saturated carbocycles. The number of carbonyl (C=O) groups excluding carboxylic acids is 1. The van der Waals surface area contributed by atoms with Crippen LogP contribution in [0.2, 0.25) is 0 Å². The number of rotatable bonds is 6. The van der Waals surface area contributed by atoms with Crippen molar-refractivity contribution in [2.45, 2.75) is 6.54 Å². The number of fused-ring (bicyclic) bond motifs is 1. The first-order valence-electron chi connectivity index (χ1n) is 11.7. The van der Waals surface area contributed by atoms with Crippen molar-refractivity contribution in [3.63, 3.8) is 0 Å². The van der Waals surface area contributed by atoms with E-state index in [9.17, 15) is 13.6 Å². The first-order chi connectivity index (χ1) is 17.4. The summed E-state index contributed by atoms with van der Waals surface area (Å²) in [6, 6.07) is 9.60. The number of amides is 1. The van der Waals surface area contributed by atoms with Crippen LogP contribution in [-0.4, -0.2) is 66.3 Å². The number of benzene rings is 2. The third-order valence-corrected chi connectivity index (χ3v) is 6.57. The van der Waals surface area contributed by atoms with Crippen LogP contribution in [0.4, 0.5) is 14.5 Å². The minimum absolute atomic E-state index is 0.133. The lowest BCUT2D eigenvalue weighted by Gasteiger charge is -2.35. The van der Waals surface area contributed by atoms with E-state index in [1.807, 2.05) is 6.07 Å².